The Morgan fingerprint density at radius 2 is 1.94 bits per heavy atom. The highest BCUT2D eigenvalue weighted by atomic mass is 32.2. The Morgan fingerprint density at radius 3 is 2.71 bits per heavy atom. The second-order valence-corrected chi connectivity index (χ2v) is 10.1. The van der Waals surface area contributed by atoms with E-state index in [0.29, 0.717) is 31.9 Å². The van der Waals surface area contributed by atoms with Crippen molar-refractivity contribution >= 4 is 39.2 Å². The van der Waals surface area contributed by atoms with Crippen molar-refractivity contribution in [2.24, 2.45) is 0 Å². The van der Waals surface area contributed by atoms with Gasteiger partial charge in [-0.3, -0.25) is 4.21 Å². The molecule has 0 radical (unpaired) electrons. The van der Waals surface area contributed by atoms with Gasteiger partial charge in [0.25, 0.3) is 0 Å². The Morgan fingerprint density at radius 1 is 1.14 bits per heavy atom. The number of aromatic nitrogens is 2. The van der Waals surface area contributed by atoms with E-state index in [2.05, 4.69) is 51.3 Å². The highest BCUT2D eigenvalue weighted by Gasteiger charge is 2.34. The number of hydrogen-bond acceptors (Lipinski definition) is 7. The molecule has 1 amide bonds. The van der Waals surface area contributed by atoms with Gasteiger partial charge in [0.05, 0.1) is 41.6 Å². The van der Waals surface area contributed by atoms with E-state index in [1.807, 2.05) is 17.0 Å². The van der Waals surface area contributed by atoms with E-state index in [4.69, 9.17) is 0 Å². The minimum absolute atomic E-state index is 0.109. The van der Waals surface area contributed by atoms with Gasteiger partial charge in [-0.2, -0.15) is 5.26 Å². The van der Waals surface area contributed by atoms with Gasteiger partial charge in [-0.05, 0) is 17.9 Å². The molecule has 1 saturated heterocycles. The first-order valence-corrected chi connectivity index (χ1v) is 13.1. The van der Waals surface area contributed by atoms with Gasteiger partial charge in [0.2, 0.25) is 5.16 Å². The summed E-state index contributed by atoms with van der Waals surface area (Å²) in [4.78, 5) is 26.7. The van der Waals surface area contributed by atoms with E-state index in [1.165, 1.54) is 15.7 Å². The number of benzene rings is 2. The molecule has 2 aliphatic heterocycles. The van der Waals surface area contributed by atoms with Crippen LogP contribution in [0.25, 0.3) is 10.8 Å². The molecule has 2 aromatic carbocycles. The Bertz CT molecular complexity index is 1350. The maximum Gasteiger partial charge on any atom is 0.407 e. The van der Waals surface area contributed by atoms with Crippen molar-refractivity contribution in [3.63, 3.8) is 0 Å². The maximum atomic E-state index is 12.4. The number of hydrogen-bond donors (Lipinski definition) is 1. The SMILES string of the molecule is CS(=O)c1nc2c(c(N3CCN(C(=O)O)[C@@H](CC#N)C3)n1)CCN(c1cccc3ccccc13)C2. The largest absolute Gasteiger partial charge is 0.465 e. The van der Waals surface area contributed by atoms with Gasteiger partial charge in [0, 0.05) is 49.1 Å². The average Bonchev–Trinajstić information content (AvgIpc) is 2.87. The summed E-state index contributed by atoms with van der Waals surface area (Å²) >= 11 is 0. The molecule has 3 aromatic rings. The first-order valence-electron chi connectivity index (χ1n) is 11.5. The predicted molar refractivity (Wildman–Crippen MR) is 134 cm³/mol. The molecule has 5 rings (SSSR count). The first-order chi connectivity index (χ1) is 17.0. The lowest BCUT2D eigenvalue weighted by atomic mass is 10.0. The van der Waals surface area contributed by atoms with Gasteiger partial charge < -0.3 is 19.8 Å². The van der Waals surface area contributed by atoms with Crippen molar-refractivity contribution in [2.45, 2.75) is 30.6 Å². The monoisotopic (exact) mass is 490 g/mol. The van der Waals surface area contributed by atoms with E-state index in [1.54, 1.807) is 6.26 Å². The molecular weight excluding hydrogens is 464 g/mol. The van der Waals surface area contributed by atoms with E-state index < -0.39 is 22.9 Å². The van der Waals surface area contributed by atoms with Crippen LogP contribution in [-0.4, -0.2) is 68.8 Å². The summed E-state index contributed by atoms with van der Waals surface area (Å²) in [6, 6.07) is 16.2. The second-order valence-electron chi connectivity index (χ2n) is 8.82. The van der Waals surface area contributed by atoms with Crippen LogP contribution in [0.15, 0.2) is 47.6 Å². The van der Waals surface area contributed by atoms with Gasteiger partial charge in [-0.25, -0.2) is 14.8 Å². The van der Waals surface area contributed by atoms with Crippen LogP contribution >= 0.6 is 0 Å². The van der Waals surface area contributed by atoms with Crippen molar-refractivity contribution in [1.82, 2.24) is 14.9 Å². The third-order valence-electron chi connectivity index (χ3n) is 6.74. The lowest BCUT2D eigenvalue weighted by Gasteiger charge is -2.41. The van der Waals surface area contributed by atoms with Crippen molar-refractivity contribution in [3.8, 4) is 6.07 Å². The van der Waals surface area contributed by atoms with E-state index >= 15 is 0 Å². The number of anilines is 2. The molecule has 180 valence electrons. The molecule has 1 N–H and O–H groups in total. The molecule has 1 unspecified atom stereocenters. The van der Waals surface area contributed by atoms with Crippen LogP contribution in [0.5, 0.6) is 0 Å². The summed E-state index contributed by atoms with van der Waals surface area (Å²) < 4.78 is 12.4. The summed E-state index contributed by atoms with van der Waals surface area (Å²) in [5, 5.41) is 21.4. The molecule has 2 aliphatic rings. The molecule has 9 nitrogen and oxygen atoms in total. The van der Waals surface area contributed by atoms with Crippen LogP contribution in [0.3, 0.4) is 0 Å². The second kappa shape index (κ2) is 9.50. The summed E-state index contributed by atoms with van der Waals surface area (Å²) in [6.07, 6.45) is 1.37. The fraction of sp³-hybridized carbons (Fsp3) is 0.360. The lowest BCUT2D eigenvalue weighted by Crippen LogP contribution is -2.55. The number of amides is 1. The summed E-state index contributed by atoms with van der Waals surface area (Å²) in [5.41, 5.74) is 2.99. The van der Waals surface area contributed by atoms with E-state index in [0.717, 1.165) is 23.5 Å². The zero-order chi connectivity index (χ0) is 24.5. The number of fused-ring (bicyclic) bond motifs is 2. The van der Waals surface area contributed by atoms with Crippen molar-refractivity contribution in [3.05, 3.63) is 53.7 Å². The highest BCUT2D eigenvalue weighted by Crippen LogP contribution is 2.34. The van der Waals surface area contributed by atoms with Crippen LogP contribution in [0.2, 0.25) is 0 Å². The van der Waals surface area contributed by atoms with Crippen LogP contribution in [0, 0.1) is 11.3 Å². The Balaban J connectivity index is 1.51. The topological polar surface area (TPSA) is 114 Å². The first kappa shape index (κ1) is 23.1. The van der Waals surface area contributed by atoms with Crippen LogP contribution < -0.4 is 9.80 Å². The molecule has 35 heavy (non-hydrogen) atoms. The summed E-state index contributed by atoms with van der Waals surface area (Å²) in [6.45, 7) is 2.46. The molecule has 0 saturated carbocycles. The van der Waals surface area contributed by atoms with Gasteiger partial charge in [0.1, 0.15) is 5.82 Å². The fourth-order valence-corrected chi connectivity index (χ4v) is 5.50. The van der Waals surface area contributed by atoms with Crippen molar-refractivity contribution in [2.75, 3.05) is 42.2 Å². The van der Waals surface area contributed by atoms with Gasteiger partial charge in [0.15, 0.2) is 0 Å². The van der Waals surface area contributed by atoms with Crippen LogP contribution in [0.1, 0.15) is 17.7 Å². The molecule has 1 fully saturated rings. The third-order valence-corrected chi connectivity index (χ3v) is 7.44. The summed E-state index contributed by atoms with van der Waals surface area (Å²) in [7, 11) is -1.37. The average molecular weight is 491 g/mol. The van der Waals surface area contributed by atoms with Crippen LogP contribution in [-0.2, 0) is 23.8 Å². The number of carboxylic acid groups (broad SMARTS) is 1. The van der Waals surface area contributed by atoms with Gasteiger partial charge in [-0.1, -0.05) is 36.4 Å². The number of carbonyl (C=O) groups is 1. The molecule has 2 atom stereocenters. The molecule has 0 aliphatic carbocycles. The van der Waals surface area contributed by atoms with Gasteiger partial charge >= 0.3 is 6.09 Å². The lowest BCUT2D eigenvalue weighted by molar-refractivity contribution is 0.119. The minimum atomic E-state index is -1.37. The molecule has 3 heterocycles. The highest BCUT2D eigenvalue weighted by molar-refractivity contribution is 7.84. The molecule has 10 heteroatoms. The fourth-order valence-electron chi connectivity index (χ4n) is 5.05. The number of nitriles is 1. The normalized spacial score (nSPS) is 18.7. The van der Waals surface area contributed by atoms with E-state index in [9.17, 15) is 19.4 Å². The number of nitrogens with zero attached hydrogens (tertiary/aromatic N) is 6. The standard InChI is InChI=1S/C25H26N6O3S/c1-35(34)24-27-21-16-29(22-8-4-6-17-5-2-3-7-19(17)22)12-10-20(21)23(28-24)30-13-14-31(25(32)33)18(15-30)9-11-26/h2-8,18H,9-10,12-16H2,1H3,(H,32,33)/t18-,35?/m0/s1. The predicted octanol–water partition coefficient (Wildman–Crippen LogP) is 3.01. The maximum absolute atomic E-state index is 12.4. The quantitative estimate of drug-likeness (QED) is 0.555. The Labute approximate surface area is 206 Å². The summed E-state index contributed by atoms with van der Waals surface area (Å²) in [5.74, 6) is 0.714. The number of rotatable bonds is 4. The van der Waals surface area contributed by atoms with Crippen molar-refractivity contribution < 1.29 is 14.1 Å². The molecule has 0 spiro atoms. The molecule has 0 bridgehead atoms. The smallest absolute Gasteiger partial charge is 0.407 e. The molecular formula is C25H26N6O3S. The zero-order valence-corrected chi connectivity index (χ0v) is 20.2. The zero-order valence-electron chi connectivity index (χ0n) is 19.4. The van der Waals surface area contributed by atoms with E-state index in [-0.39, 0.29) is 18.1 Å². The van der Waals surface area contributed by atoms with Crippen LogP contribution in [0.4, 0.5) is 16.3 Å². The third kappa shape index (κ3) is 4.39. The Hall–Kier alpha value is -3.71. The van der Waals surface area contributed by atoms with Gasteiger partial charge in [-0.15, -0.1) is 0 Å². The molecule has 1 aromatic heterocycles. The number of piperazine rings is 1. The minimum Gasteiger partial charge on any atom is -0.465 e. The van der Waals surface area contributed by atoms with Crippen molar-refractivity contribution in [1.29, 1.82) is 5.26 Å². The Kier molecular flexibility index (Phi) is 6.26.